The van der Waals surface area contributed by atoms with Gasteiger partial charge in [0.1, 0.15) is 5.75 Å². The number of hydrogen-bond donors (Lipinski definition) is 1. The molecule has 4 nitrogen and oxygen atoms in total. The van der Waals surface area contributed by atoms with Crippen LogP contribution in [0.15, 0.2) is 30.5 Å². The van der Waals surface area contributed by atoms with Crippen molar-refractivity contribution in [2.24, 2.45) is 5.92 Å². The van der Waals surface area contributed by atoms with Crippen LogP contribution in [-0.2, 0) is 0 Å². The summed E-state index contributed by atoms with van der Waals surface area (Å²) in [6.07, 6.45) is 6.17. The third-order valence-corrected chi connectivity index (χ3v) is 4.14. The molecule has 0 radical (unpaired) electrons. The van der Waals surface area contributed by atoms with Gasteiger partial charge in [0, 0.05) is 6.20 Å². The van der Waals surface area contributed by atoms with E-state index in [2.05, 4.69) is 11.9 Å². The van der Waals surface area contributed by atoms with Crippen LogP contribution >= 0.6 is 0 Å². The summed E-state index contributed by atoms with van der Waals surface area (Å²) in [5.74, 6) is 0.350. The summed E-state index contributed by atoms with van der Waals surface area (Å²) in [5, 5.41) is 9.97. The van der Waals surface area contributed by atoms with E-state index < -0.39 is 5.97 Å². The monoisotopic (exact) mass is 285 g/mol. The molecule has 1 fully saturated rings. The third-order valence-electron chi connectivity index (χ3n) is 4.14. The standard InChI is InChI=1S/C17H19NO3/c1-11-4-2-5-12(10-11)21-15-7-3-6-14-16(15)13(17(19)20)8-9-18-14/h3,6-9,11-12H,2,4-5,10H2,1H3,(H,19,20)/t11-,12-/m1/s1. The molecule has 1 aliphatic carbocycles. The van der Waals surface area contributed by atoms with E-state index in [1.165, 1.54) is 25.1 Å². The van der Waals surface area contributed by atoms with Gasteiger partial charge in [-0.3, -0.25) is 4.98 Å². The Labute approximate surface area is 123 Å². The molecular weight excluding hydrogens is 266 g/mol. The molecule has 21 heavy (non-hydrogen) atoms. The Kier molecular flexibility index (Phi) is 3.78. The normalized spacial score (nSPS) is 22.1. The summed E-state index contributed by atoms with van der Waals surface area (Å²) in [4.78, 5) is 15.7. The number of rotatable bonds is 3. The molecular formula is C17H19NO3. The van der Waals surface area contributed by atoms with Crippen molar-refractivity contribution in [2.75, 3.05) is 0 Å². The van der Waals surface area contributed by atoms with Gasteiger partial charge in [-0.2, -0.15) is 0 Å². The summed E-state index contributed by atoms with van der Waals surface area (Å²) in [6.45, 7) is 2.24. The molecule has 0 unspecified atom stereocenters. The fourth-order valence-electron chi connectivity index (χ4n) is 3.11. The Hall–Kier alpha value is -2.10. The van der Waals surface area contributed by atoms with Crippen LogP contribution < -0.4 is 4.74 Å². The van der Waals surface area contributed by atoms with Gasteiger partial charge in [-0.25, -0.2) is 4.79 Å². The second-order valence-corrected chi connectivity index (χ2v) is 5.83. The van der Waals surface area contributed by atoms with Crippen molar-refractivity contribution in [3.05, 3.63) is 36.0 Å². The van der Waals surface area contributed by atoms with Crippen molar-refractivity contribution in [1.29, 1.82) is 0 Å². The quantitative estimate of drug-likeness (QED) is 0.929. The summed E-state index contributed by atoms with van der Waals surface area (Å²) in [5.41, 5.74) is 0.913. The zero-order chi connectivity index (χ0) is 14.8. The van der Waals surface area contributed by atoms with Gasteiger partial charge in [-0.05, 0) is 43.4 Å². The van der Waals surface area contributed by atoms with Crippen LogP contribution in [0.5, 0.6) is 5.75 Å². The van der Waals surface area contributed by atoms with E-state index in [0.29, 0.717) is 22.6 Å². The van der Waals surface area contributed by atoms with E-state index in [9.17, 15) is 9.90 Å². The molecule has 2 aromatic rings. The number of nitrogens with zero attached hydrogens (tertiary/aromatic N) is 1. The van der Waals surface area contributed by atoms with Gasteiger partial charge < -0.3 is 9.84 Å². The summed E-state index contributed by atoms with van der Waals surface area (Å²) >= 11 is 0. The van der Waals surface area contributed by atoms with E-state index in [4.69, 9.17) is 4.74 Å². The first kappa shape index (κ1) is 13.9. The molecule has 1 aromatic carbocycles. The largest absolute Gasteiger partial charge is 0.490 e. The minimum atomic E-state index is -0.949. The van der Waals surface area contributed by atoms with E-state index in [0.717, 1.165) is 12.8 Å². The van der Waals surface area contributed by atoms with Crippen LogP contribution in [0.2, 0.25) is 0 Å². The number of carboxylic acid groups (broad SMARTS) is 1. The molecule has 0 saturated heterocycles. The fourth-order valence-corrected chi connectivity index (χ4v) is 3.11. The predicted molar refractivity (Wildman–Crippen MR) is 80.8 cm³/mol. The lowest BCUT2D eigenvalue weighted by Crippen LogP contribution is -2.24. The van der Waals surface area contributed by atoms with Crippen molar-refractivity contribution in [3.8, 4) is 5.75 Å². The smallest absolute Gasteiger partial charge is 0.336 e. The molecule has 0 bridgehead atoms. The van der Waals surface area contributed by atoms with Crippen LogP contribution in [0, 0.1) is 5.92 Å². The minimum absolute atomic E-state index is 0.168. The average molecular weight is 285 g/mol. The van der Waals surface area contributed by atoms with Crippen LogP contribution in [0.3, 0.4) is 0 Å². The van der Waals surface area contributed by atoms with E-state index in [1.54, 1.807) is 0 Å². The molecule has 1 N–H and O–H groups in total. The maximum absolute atomic E-state index is 11.4. The molecule has 3 rings (SSSR count). The summed E-state index contributed by atoms with van der Waals surface area (Å²) < 4.78 is 6.13. The summed E-state index contributed by atoms with van der Waals surface area (Å²) in [6, 6.07) is 7.05. The van der Waals surface area contributed by atoms with E-state index in [-0.39, 0.29) is 11.7 Å². The van der Waals surface area contributed by atoms with Crippen molar-refractivity contribution in [1.82, 2.24) is 4.98 Å². The Morgan fingerprint density at radius 2 is 2.19 bits per heavy atom. The van der Waals surface area contributed by atoms with E-state index in [1.807, 2.05) is 18.2 Å². The lowest BCUT2D eigenvalue weighted by molar-refractivity contribution is 0.0698. The number of benzene rings is 1. The predicted octanol–water partition coefficient (Wildman–Crippen LogP) is 3.89. The molecule has 0 aliphatic heterocycles. The molecule has 2 atom stereocenters. The van der Waals surface area contributed by atoms with Crippen LogP contribution in [0.25, 0.3) is 10.9 Å². The van der Waals surface area contributed by atoms with Crippen molar-refractivity contribution < 1.29 is 14.6 Å². The van der Waals surface area contributed by atoms with Gasteiger partial charge in [0.25, 0.3) is 0 Å². The van der Waals surface area contributed by atoms with Crippen molar-refractivity contribution in [3.63, 3.8) is 0 Å². The zero-order valence-corrected chi connectivity index (χ0v) is 12.1. The molecule has 0 amide bonds. The highest BCUT2D eigenvalue weighted by Crippen LogP contribution is 2.32. The average Bonchev–Trinajstić information content (AvgIpc) is 2.47. The first-order valence-electron chi connectivity index (χ1n) is 7.43. The molecule has 1 aromatic heterocycles. The maximum atomic E-state index is 11.4. The topological polar surface area (TPSA) is 59.4 Å². The SMILES string of the molecule is C[C@@H]1CCC[C@@H](Oc2cccc3nccc(C(=O)O)c23)C1. The Balaban J connectivity index is 1.99. The molecule has 0 spiro atoms. The van der Waals surface area contributed by atoms with Crippen LogP contribution in [-0.4, -0.2) is 22.2 Å². The number of aromatic carboxylic acids is 1. The molecule has 1 aliphatic rings. The Morgan fingerprint density at radius 1 is 1.33 bits per heavy atom. The minimum Gasteiger partial charge on any atom is -0.490 e. The Bertz CT molecular complexity index is 663. The van der Waals surface area contributed by atoms with Crippen molar-refractivity contribution in [2.45, 2.75) is 38.7 Å². The van der Waals surface area contributed by atoms with Gasteiger partial charge in [0.05, 0.1) is 22.6 Å². The lowest BCUT2D eigenvalue weighted by atomic mass is 9.88. The fraction of sp³-hybridized carbons (Fsp3) is 0.412. The highest BCUT2D eigenvalue weighted by molar-refractivity contribution is 6.05. The number of pyridine rings is 1. The van der Waals surface area contributed by atoms with Crippen LogP contribution in [0.4, 0.5) is 0 Å². The second-order valence-electron chi connectivity index (χ2n) is 5.83. The van der Waals surface area contributed by atoms with Crippen LogP contribution in [0.1, 0.15) is 43.0 Å². The number of carbonyl (C=O) groups is 1. The van der Waals surface area contributed by atoms with E-state index >= 15 is 0 Å². The number of ether oxygens (including phenoxy) is 1. The van der Waals surface area contributed by atoms with Gasteiger partial charge in [0.15, 0.2) is 0 Å². The van der Waals surface area contributed by atoms with Gasteiger partial charge >= 0.3 is 5.97 Å². The first-order chi connectivity index (χ1) is 10.1. The third kappa shape index (κ3) is 2.84. The highest BCUT2D eigenvalue weighted by atomic mass is 16.5. The zero-order valence-electron chi connectivity index (χ0n) is 12.1. The van der Waals surface area contributed by atoms with Crippen molar-refractivity contribution >= 4 is 16.9 Å². The number of fused-ring (bicyclic) bond motifs is 1. The number of hydrogen-bond acceptors (Lipinski definition) is 3. The molecule has 1 heterocycles. The lowest BCUT2D eigenvalue weighted by Gasteiger charge is -2.28. The Morgan fingerprint density at radius 3 is 2.95 bits per heavy atom. The van der Waals surface area contributed by atoms with Gasteiger partial charge in [-0.15, -0.1) is 0 Å². The maximum Gasteiger partial charge on any atom is 0.336 e. The second kappa shape index (κ2) is 5.72. The highest BCUT2D eigenvalue weighted by Gasteiger charge is 2.22. The number of carboxylic acids is 1. The molecule has 110 valence electrons. The molecule has 4 heteroatoms. The van der Waals surface area contributed by atoms with Gasteiger partial charge in [0.2, 0.25) is 0 Å². The summed E-state index contributed by atoms with van der Waals surface area (Å²) in [7, 11) is 0. The van der Waals surface area contributed by atoms with Gasteiger partial charge in [-0.1, -0.05) is 19.4 Å². The number of aromatic nitrogens is 1. The molecule has 1 saturated carbocycles. The first-order valence-corrected chi connectivity index (χ1v) is 7.43.